The summed E-state index contributed by atoms with van der Waals surface area (Å²) in [5, 5.41) is 0. The van der Waals surface area contributed by atoms with Gasteiger partial charge in [-0.15, -0.1) is 0 Å². The van der Waals surface area contributed by atoms with Gasteiger partial charge in [0.1, 0.15) is 5.84 Å². The van der Waals surface area contributed by atoms with Gasteiger partial charge in [0, 0.05) is 25.1 Å². The van der Waals surface area contributed by atoms with E-state index < -0.39 is 0 Å². The fraction of sp³-hybridized carbons (Fsp3) is 0.385. The van der Waals surface area contributed by atoms with Gasteiger partial charge >= 0.3 is 0 Å². The minimum absolute atomic E-state index is 0.150. The fourth-order valence-electron chi connectivity index (χ4n) is 2.31. The van der Waals surface area contributed by atoms with E-state index in [2.05, 4.69) is 31.0 Å². The minimum atomic E-state index is -0.197. The molecule has 3 nitrogen and oxygen atoms in total. The number of amides is 1. The van der Waals surface area contributed by atoms with Crippen LogP contribution in [0.4, 0.5) is 5.69 Å². The molecule has 1 heterocycles. The Bertz CT molecular complexity index is 475. The molecule has 0 aliphatic carbocycles. The zero-order valence-corrected chi connectivity index (χ0v) is 10.1. The third-order valence-corrected chi connectivity index (χ3v) is 3.08. The van der Waals surface area contributed by atoms with Gasteiger partial charge in [0.25, 0.3) is 0 Å². The van der Waals surface area contributed by atoms with E-state index in [-0.39, 0.29) is 11.3 Å². The lowest BCUT2D eigenvalue weighted by atomic mass is 9.86. The van der Waals surface area contributed by atoms with Crippen molar-refractivity contribution in [1.29, 1.82) is 0 Å². The van der Waals surface area contributed by atoms with Gasteiger partial charge in [0.05, 0.1) is 0 Å². The zero-order valence-electron chi connectivity index (χ0n) is 10.1. The first-order chi connectivity index (χ1) is 7.44. The maximum Gasteiger partial charge on any atom is 0.244 e. The SMILES string of the molecule is CC(=O)N=C1N(C)c2ccccc2C1(C)C. The van der Waals surface area contributed by atoms with Crippen LogP contribution in [0.2, 0.25) is 0 Å². The Morgan fingerprint density at radius 3 is 2.50 bits per heavy atom. The van der Waals surface area contributed by atoms with E-state index in [0.717, 1.165) is 11.5 Å². The van der Waals surface area contributed by atoms with Crippen LogP contribution < -0.4 is 4.90 Å². The predicted octanol–water partition coefficient (Wildman–Crippen LogP) is 2.36. The third-order valence-electron chi connectivity index (χ3n) is 3.08. The van der Waals surface area contributed by atoms with Gasteiger partial charge in [0.2, 0.25) is 5.91 Å². The number of hydrogen-bond acceptors (Lipinski definition) is 1. The summed E-state index contributed by atoms with van der Waals surface area (Å²) < 4.78 is 0. The number of nitrogens with zero attached hydrogens (tertiary/aromatic N) is 2. The van der Waals surface area contributed by atoms with E-state index in [1.165, 1.54) is 12.5 Å². The first kappa shape index (κ1) is 10.9. The summed E-state index contributed by atoms with van der Waals surface area (Å²) in [4.78, 5) is 17.3. The predicted molar refractivity (Wildman–Crippen MR) is 66.0 cm³/mol. The molecule has 1 aromatic rings. The van der Waals surface area contributed by atoms with Crippen molar-refractivity contribution in [3.8, 4) is 0 Å². The number of aliphatic imine (C=N–C) groups is 1. The molecule has 1 aromatic carbocycles. The zero-order chi connectivity index (χ0) is 11.9. The molecule has 84 valence electrons. The normalized spacial score (nSPS) is 20.0. The Hall–Kier alpha value is -1.64. The summed E-state index contributed by atoms with van der Waals surface area (Å²) in [6, 6.07) is 8.17. The second kappa shape index (κ2) is 3.44. The Balaban J connectivity index is 2.62. The van der Waals surface area contributed by atoms with Crippen LogP contribution in [0.15, 0.2) is 29.3 Å². The van der Waals surface area contributed by atoms with Crippen molar-refractivity contribution in [3.63, 3.8) is 0 Å². The Labute approximate surface area is 95.8 Å². The van der Waals surface area contributed by atoms with E-state index in [1.807, 2.05) is 24.1 Å². The van der Waals surface area contributed by atoms with Crippen molar-refractivity contribution in [2.75, 3.05) is 11.9 Å². The van der Waals surface area contributed by atoms with E-state index in [0.29, 0.717) is 0 Å². The van der Waals surface area contributed by atoms with Crippen LogP contribution >= 0.6 is 0 Å². The van der Waals surface area contributed by atoms with Gasteiger partial charge in [-0.25, -0.2) is 0 Å². The number of anilines is 1. The monoisotopic (exact) mass is 216 g/mol. The number of amidine groups is 1. The second-order valence-corrected chi connectivity index (χ2v) is 4.66. The van der Waals surface area contributed by atoms with Crippen LogP contribution in [0.3, 0.4) is 0 Å². The fourth-order valence-corrected chi connectivity index (χ4v) is 2.31. The number of benzene rings is 1. The van der Waals surface area contributed by atoms with E-state index in [1.54, 1.807) is 0 Å². The molecule has 3 heteroatoms. The van der Waals surface area contributed by atoms with Crippen molar-refractivity contribution < 1.29 is 4.79 Å². The molecule has 0 saturated heterocycles. The highest BCUT2D eigenvalue weighted by molar-refractivity contribution is 6.14. The van der Waals surface area contributed by atoms with Crippen LogP contribution in [-0.4, -0.2) is 18.8 Å². The lowest BCUT2D eigenvalue weighted by Crippen LogP contribution is -2.34. The largest absolute Gasteiger partial charge is 0.332 e. The van der Waals surface area contributed by atoms with Crippen LogP contribution in [0.1, 0.15) is 26.3 Å². The molecular weight excluding hydrogens is 200 g/mol. The smallest absolute Gasteiger partial charge is 0.244 e. The van der Waals surface area contributed by atoms with Crippen molar-refractivity contribution in [1.82, 2.24) is 0 Å². The first-order valence-corrected chi connectivity index (χ1v) is 5.37. The van der Waals surface area contributed by atoms with Crippen molar-refractivity contribution >= 4 is 17.4 Å². The number of fused-ring (bicyclic) bond motifs is 1. The van der Waals surface area contributed by atoms with Crippen molar-refractivity contribution in [2.24, 2.45) is 4.99 Å². The topological polar surface area (TPSA) is 32.7 Å². The van der Waals surface area contributed by atoms with Gasteiger partial charge in [-0.05, 0) is 25.5 Å². The molecule has 0 spiro atoms. The summed E-state index contributed by atoms with van der Waals surface area (Å²) in [5.74, 6) is 0.670. The van der Waals surface area contributed by atoms with Crippen molar-refractivity contribution in [3.05, 3.63) is 29.8 Å². The second-order valence-electron chi connectivity index (χ2n) is 4.66. The average Bonchev–Trinajstić information content (AvgIpc) is 2.41. The maximum atomic E-state index is 11.2. The highest BCUT2D eigenvalue weighted by atomic mass is 16.1. The van der Waals surface area contributed by atoms with Crippen LogP contribution in [0.25, 0.3) is 0 Å². The van der Waals surface area contributed by atoms with Gasteiger partial charge in [-0.2, -0.15) is 4.99 Å². The number of likely N-dealkylation sites (N-methyl/N-ethyl adjacent to an activating group) is 1. The Morgan fingerprint density at radius 1 is 1.31 bits per heavy atom. The number of rotatable bonds is 0. The van der Waals surface area contributed by atoms with Crippen LogP contribution in [0, 0.1) is 0 Å². The Morgan fingerprint density at radius 2 is 1.94 bits per heavy atom. The van der Waals surface area contributed by atoms with Crippen LogP contribution in [0.5, 0.6) is 0 Å². The number of carbonyl (C=O) groups is 1. The average molecular weight is 216 g/mol. The lowest BCUT2D eigenvalue weighted by Gasteiger charge is -2.21. The minimum Gasteiger partial charge on any atom is -0.332 e. The number of hydrogen-bond donors (Lipinski definition) is 0. The summed E-state index contributed by atoms with van der Waals surface area (Å²) in [6.07, 6.45) is 0. The third kappa shape index (κ3) is 1.43. The van der Waals surface area contributed by atoms with Gasteiger partial charge in [-0.1, -0.05) is 18.2 Å². The molecule has 1 aliphatic heterocycles. The van der Waals surface area contributed by atoms with Crippen LogP contribution in [-0.2, 0) is 10.2 Å². The molecular formula is C13H16N2O. The van der Waals surface area contributed by atoms with Crippen molar-refractivity contribution in [2.45, 2.75) is 26.2 Å². The molecule has 1 amide bonds. The highest BCUT2D eigenvalue weighted by Gasteiger charge is 2.39. The number of para-hydroxylation sites is 1. The molecule has 0 unspecified atom stereocenters. The molecule has 0 N–H and O–H groups in total. The molecule has 16 heavy (non-hydrogen) atoms. The number of carbonyl (C=O) groups excluding carboxylic acids is 1. The highest BCUT2D eigenvalue weighted by Crippen LogP contribution is 2.41. The summed E-state index contributed by atoms with van der Waals surface area (Å²) in [6.45, 7) is 5.67. The summed E-state index contributed by atoms with van der Waals surface area (Å²) in [5.41, 5.74) is 2.15. The quantitative estimate of drug-likeness (QED) is 0.667. The molecule has 0 fully saturated rings. The van der Waals surface area contributed by atoms with E-state index in [9.17, 15) is 4.79 Å². The van der Waals surface area contributed by atoms with Gasteiger partial charge in [-0.3, -0.25) is 4.79 Å². The standard InChI is InChI=1S/C13H16N2O/c1-9(16)14-12-13(2,3)10-7-5-6-8-11(10)15(12)4/h5-8H,1-4H3. The summed E-state index contributed by atoms with van der Waals surface area (Å²) in [7, 11) is 1.95. The molecule has 1 aliphatic rings. The first-order valence-electron chi connectivity index (χ1n) is 5.37. The molecule has 0 atom stereocenters. The van der Waals surface area contributed by atoms with Gasteiger partial charge in [0.15, 0.2) is 0 Å². The molecule has 0 bridgehead atoms. The molecule has 0 saturated carbocycles. The molecule has 0 radical (unpaired) electrons. The lowest BCUT2D eigenvalue weighted by molar-refractivity contribution is -0.115. The van der Waals surface area contributed by atoms with E-state index in [4.69, 9.17) is 0 Å². The molecule has 0 aromatic heterocycles. The molecule has 2 rings (SSSR count). The van der Waals surface area contributed by atoms with E-state index >= 15 is 0 Å². The summed E-state index contributed by atoms with van der Waals surface area (Å²) >= 11 is 0. The Kier molecular flexibility index (Phi) is 2.34. The maximum absolute atomic E-state index is 11.2. The van der Waals surface area contributed by atoms with Gasteiger partial charge < -0.3 is 4.90 Å².